The van der Waals surface area contributed by atoms with E-state index < -0.39 is 0 Å². The molecule has 14 heavy (non-hydrogen) atoms. The first-order chi connectivity index (χ1) is 6.77. The minimum atomic E-state index is 0.272. The Morgan fingerprint density at radius 1 is 1.43 bits per heavy atom. The summed E-state index contributed by atoms with van der Waals surface area (Å²) in [6, 6.07) is 0.705. The van der Waals surface area contributed by atoms with Crippen LogP contribution in [0.2, 0.25) is 0 Å². The number of nitrogens with zero attached hydrogens (tertiary/aromatic N) is 1. The first-order valence-corrected chi connectivity index (χ1v) is 5.83. The maximum absolute atomic E-state index is 9.01. The van der Waals surface area contributed by atoms with Crippen molar-refractivity contribution in [2.24, 2.45) is 11.7 Å². The molecule has 1 aliphatic carbocycles. The highest BCUT2D eigenvalue weighted by molar-refractivity contribution is 4.78. The van der Waals surface area contributed by atoms with Gasteiger partial charge in [-0.05, 0) is 25.3 Å². The van der Waals surface area contributed by atoms with Crippen LogP contribution in [-0.4, -0.2) is 42.3 Å². The number of rotatable bonds is 6. The molecule has 0 aromatic rings. The summed E-state index contributed by atoms with van der Waals surface area (Å²) in [5.74, 6) is 0.544. The van der Waals surface area contributed by atoms with Gasteiger partial charge in [-0.3, -0.25) is 4.90 Å². The molecule has 0 aromatic heterocycles. The zero-order chi connectivity index (χ0) is 10.4. The molecule has 1 saturated carbocycles. The van der Waals surface area contributed by atoms with Crippen molar-refractivity contribution in [1.82, 2.24) is 4.90 Å². The van der Waals surface area contributed by atoms with Crippen molar-refractivity contribution >= 4 is 0 Å². The van der Waals surface area contributed by atoms with Gasteiger partial charge in [0.05, 0.1) is 6.61 Å². The number of hydrogen-bond acceptors (Lipinski definition) is 3. The summed E-state index contributed by atoms with van der Waals surface area (Å²) < 4.78 is 0. The molecule has 1 fully saturated rings. The third kappa shape index (κ3) is 3.56. The van der Waals surface area contributed by atoms with Gasteiger partial charge >= 0.3 is 0 Å². The zero-order valence-electron chi connectivity index (χ0n) is 9.28. The summed E-state index contributed by atoms with van der Waals surface area (Å²) in [4.78, 5) is 2.42. The fourth-order valence-electron chi connectivity index (χ4n) is 2.30. The first kappa shape index (κ1) is 12.0. The lowest BCUT2D eigenvalue weighted by molar-refractivity contribution is 0.136. The van der Waals surface area contributed by atoms with Crippen molar-refractivity contribution in [3.05, 3.63) is 0 Å². The molecule has 84 valence electrons. The van der Waals surface area contributed by atoms with Crippen molar-refractivity contribution in [2.75, 3.05) is 26.2 Å². The van der Waals surface area contributed by atoms with Crippen LogP contribution in [0.25, 0.3) is 0 Å². The van der Waals surface area contributed by atoms with E-state index >= 15 is 0 Å². The van der Waals surface area contributed by atoms with Gasteiger partial charge < -0.3 is 10.8 Å². The monoisotopic (exact) mass is 200 g/mol. The van der Waals surface area contributed by atoms with E-state index in [1.165, 1.54) is 25.7 Å². The van der Waals surface area contributed by atoms with Gasteiger partial charge in [-0.25, -0.2) is 0 Å². The summed E-state index contributed by atoms with van der Waals surface area (Å²) in [6.07, 6.45) is 5.31. The van der Waals surface area contributed by atoms with Gasteiger partial charge in [0.25, 0.3) is 0 Å². The van der Waals surface area contributed by atoms with Gasteiger partial charge in [-0.1, -0.05) is 19.8 Å². The summed E-state index contributed by atoms with van der Waals surface area (Å²) in [7, 11) is 0. The average molecular weight is 200 g/mol. The summed E-state index contributed by atoms with van der Waals surface area (Å²) >= 11 is 0. The van der Waals surface area contributed by atoms with E-state index in [9.17, 15) is 0 Å². The Morgan fingerprint density at radius 3 is 2.57 bits per heavy atom. The van der Waals surface area contributed by atoms with E-state index in [1.807, 2.05) is 0 Å². The Morgan fingerprint density at radius 2 is 2.07 bits per heavy atom. The number of hydrogen-bond donors (Lipinski definition) is 2. The van der Waals surface area contributed by atoms with Crippen LogP contribution in [0.15, 0.2) is 0 Å². The van der Waals surface area contributed by atoms with E-state index in [2.05, 4.69) is 11.8 Å². The molecule has 1 rings (SSSR count). The van der Waals surface area contributed by atoms with Crippen LogP contribution in [0, 0.1) is 5.92 Å². The average Bonchev–Trinajstić information content (AvgIpc) is 2.69. The zero-order valence-corrected chi connectivity index (χ0v) is 9.28. The molecule has 1 unspecified atom stereocenters. The second-order valence-electron chi connectivity index (χ2n) is 4.50. The lowest BCUT2D eigenvalue weighted by Gasteiger charge is -2.30. The van der Waals surface area contributed by atoms with Gasteiger partial charge in [0.2, 0.25) is 0 Å². The maximum atomic E-state index is 9.01. The molecule has 0 saturated heterocycles. The minimum absolute atomic E-state index is 0.272. The molecule has 0 aromatic carbocycles. The molecule has 1 atom stereocenters. The minimum Gasteiger partial charge on any atom is -0.395 e. The van der Waals surface area contributed by atoms with Gasteiger partial charge in [-0.2, -0.15) is 0 Å². The molecule has 3 heteroatoms. The van der Waals surface area contributed by atoms with Crippen LogP contribution in [0.5, 0.6) is 0 Å². The topological polar surface area (TPSA) is 49.5 Å². The molecule has 1 aliphatic rings. The molecule has 0 spiro atoms. The predicted molar refractivity (Wildman–Crippen MR) is 59.1 cm³/mol. The van der Waals surface area contributed by atoms with E-state index in [-0.39, 0.29) is 6.61 Å². The molecule has 0 radical (unpaired) electrons. The Balaban J connectivity index is 2.36. The Bertz CT molecular complexity index is 146. The predicted octanol–water partition coefficient (Wildman–Crippen LogP) is 0.818. The largest absolute Gasteiger partial charge is 0.395 e. The molecule has 3 nitrogen and oxygen atoms in total. The summed E-state index contributed by atoms with van der Waals surface area (Å²) in [6.45, 7) is 5.05. The van der Waals surface area contributed by atoms with Crippen molar-refractivity contribution < 1.29 is 5.11 Å². The lowest BCUT2D eigenvalue weighted by atomic mass is 10.1. The second-order valence-corrected chi connectivity index (χ2v) is 4.50. The molecule has 0 heterocycles. The van der Waals surface area contributed by atoms with Crippen molar-refractivity contribution in [3.63, 3.8) is 0 Å². The van der Waals surface area contributed by atoms with Crippen LogP contribution in [0.3, 0.4) is 0 Å². The Labute approximate surface area is 87.3 Å². The number of aliphatic hydroxyl groups is 1. The first-order valence-electron chi connectivity index (χ1n) is 5.83. The third-order valence-corrected chi connectivity index (χ3v) is 3.18. The maximum Gasteiger partial charge on any atom is 0.0558 e. The van der Waals surface area contributed by atoms with Crippen LogP contribution < -0.4 is 5.73 Å². The van der Waals surface area contributed by atoms with Gasteiger partial charge in [-0.15, -0.1) is 0 Å². The normalized spacial score (nSPS) is 20.6. The van der Waals surface area contributed by atoms with Crippen LogP contribution in [0.4, 0.5) is 0 Å². The molecule has 0 amide bonds. The summed E-state index contributed by atoms with van der Waals surface area (Å²) in [5.41, 5.74) is 5.63. The highest BCUT2D eigenvalue weighted by Crippen LogP contribution is 2.23. The third-order valence-electron chi connectivity index (χ3n) is 3.18. The van der Waals surface area contributed by atoms with Crippen LogP contribution in [0.1, 0.15) is 32.6 Å². The number of aliphatic hydroxyl groups excluding tert-OH is 1. The van der Waals surface area contributed by atoms with Crippen molar-refractivity contribution in [1.29, 1.82) is 0 Å². The fourth-order valence-corrected chi connectivity index (χ4v) is 2.30. The SMILES string of the molecule is CC(CN)CN(CCO)C1CCCC1. The molecule has 3 N–H and O–H groups in total. The van der Waals surface area contributed by atoms with Crippen molar-refractivity contribution in [3.8, 4) is 0 Å². The lowest BCUT2D eigenvalue weighted by Crippen LogP contribution is -2.40. The highest BCUT2D eigenvalue weighted by atomic mass is 16.3. The van der Waals surface area contributed by atoms with Gasteiger partial charge in [0, 0.05) is 19.1 Å². The second kappa shape index (κ2) is 6.38. The Kier molecular flexibility index (Phi) is 5.45. The molecular formula is C11H24N2O. The number of nitrogens with two attached hydrogens (primary N) is 1. The molecule has 0 aliphatic heterocycles. The smallest absolute Gasteiger partial charge is 0.0558 e. The van der Waals surface area contributed by atoms with E-state index in [0.29, 0.717) is 12.0 Å². The Hall–Kier alpha value is -0.120. The molecule has 0 bridgehead atoms. The van der Waals surface area contributed by atoms with E-state index in [0.717, 1.165) is 19.6 Å². The van der Waals surface area contributed by atoms with Gasteiger partial charge in [0.1, 0.15) is 0 Å². The fraction of sp³-hybridized carbons (Fsp3) is 1.00. The quantitative estimate of drug-likeness (QED) is 0.667. The van der Waals surface area contributed by atoms with Gasteiger partial charge in [0.15, 0.2) is 0 Å². The van der Waals surface area contributed by atoms with E-state index in [4.69, 9.17) is 10.8 Å². The van der Waals surface area contributed by atoms with Crippen LogP contribution >= 0.6 is 0 Å². The van der Waals surface area contributed by atoms with E-state index in [1.54, 1.807) is 0 Å². The van der Waals surface area contributed by atoms with Crippen molar-refractivity contribution in [2.45, 2.75) is 38.6 Å². The standard InChI is InChI=1S/C11H24N2O/c1-10(8-12)9-13(6-7-14)11-4-2-3-5-11/h10-11,14H,2-9,12H2,1H3. The summed E-state index contributed by atoms with van der Waals surface area (Å²) in [5, 5.41) is 9.01. The van der Waals surface area contributed by atoms with Crippen LogP contribution in [-0.2, 0) is 0 Å². The highest BCUT2D eigenvalue weighted by Gasteiger charge is 2.22. The molecular weight excluding hydrogens is 176 g/mol.